The highest BCUT2D eigenvalue weighted by molar-refractivity contribution is 5.06. The van der Waals surface area contributed by atoms with Gasteiger partial charge in [-0.1, -0.05) is 25.0 Å². The van der Waals surface area contributed by atoms with Crippen molar-refractivity contribution in [2.75, 3.05) is 0 Å². The fraction of sp³-hybridized carbons (Fsp3) is 0.800. The van der Waals surface area contributed by atoms with E-state index in [1.54, 1.807) is 4.68 Å². The second kappa shape index (κ2) is 3.35. The van der Waals surface area contributed by atoms with Crippen LogP contribution in [0, 0.1) is 5.41 Å². The molecule has 1 atom stereocenters. The largest absolute Gasteiger partial charge is 0.322 e. The van der Waals surface area contributed by atoms with Crippen molar-refractivity contribution in [3.05, 3.63) is 11.9 Å². The van der Waals surface area contributed by atoms with Gasteiger partial charge in [0.2, 0.25) is 0 Å². The molecule has 78 valence electrons. The Morgan fingerprint density at radius 2 is 2.14 bits per heavy atom. The van der Waals surface area contributed by atoms with Gasteiger partial charge in [-0.3, -0.25) is 4.68 Å². The molecule has 1 aromatic rings. The maximum absolute atomic E-state index is 6.23. The molecule has 1 saturated carbocycles. The lowest BCUT2D eigenvalue weighted by Crippen LogP contribution is -2.29. The summed E-state index contributed by atoms with van der Waals surface area (Å²) in [5.74, 6) is 0. The Morgan fingerprint density at radius 3 is 2.64 bits per heavy atom. The minimum Gasteiger partial charge on any atom is -0.322 e. The van der Waals surface area contributed by atoms with Crippen molar-refractivity contribution in [1.82, 2.24) is 15.0 Å². The molecule has 0 bridgehead atoms. The number of aryl methyl sites for hydroxylation is 1. The predicted octanol–water partition coefficient (Wildman–Crippen LogP) is 1.40. The summed E-state index contributed by atoms with van der Waals surface area (Å²) in [6.07, 6.45) is 6.94. The molecule has 0 radical (unpaired) electrons. The Kier molecular flexibility index (Phi) is 2.31. The van der Waals surface area contributed by atoms with E-state index in [-0.39, 0.29) is 11.5 Å². The van der Waals surface area contributed by atoms with Crippen molar-refractivity contribution < 1.29 is 0 Å². The molecule has 1 aliphatic rings. The minimum atomic E-state index is 0.0405. The van der Waals surface area contributed by atoms with Crippen molar-refractivity contribution in [3.8, 4) is 0 Å². The summed E-state index contributed by atoms with van der Waals surface area (Å²) in [6, 6.07) is 0.0405. The van der Waals surface area contributed by atoms with Crippen molar-refractivity contribution >= 4 is 0 Å². The van der Waals surface area contributed by atoms with Crippen LogP contribution in [0.15, 0.2) is 6.20 Å². The summed E-state index contributed by atoms with van der Waals surface area (Å²) in [7, 11) is 1.88. The van der Waals surface area contributed by atoms with E-state index < -0.39 is 0 Å². The zero-order chi connectivity index (χ0) is 10.2. The lowest BCUT2D eigenvalue weighted by molar-refractivity contribution is 0.261. The van der Waals surface area contributed by atoms with Gasteiger partial charge in [-0.25, -0.2) is 0 Å². The first-order valence-corrected chi connectivity index (χ1v) is 5.24. The molecule has 1 unspecified atom stereocenters. The molecule has 4 heteroatoms. The smallest absolute Gasteiger partial charge is 0.0999 e. The number of hydrogen-bond donors (Lipinski definition) is 1. The molecule has 0 saturated heterocycles. The molecule has 1 heterocycles. The standard InChI is InChI=1S/C10H18N4/c1-10(5-3-4-6-10)9(11)8-7-14(2)13-12-8/h7,9H,3-6,11H2,1-2H3. The molecule has 0 amide bonds. The zero-order valence-electron chi connectivity index (χ0n) is 8.90. The fourth-order valence-electron chi connectivity index (χ4n) is 2.36. The SMILES string of the molecule is Cn1cc(C(N)C2(C)CCCC2)nn1. The van der Waals surface area contributed by atoms with Gasteiger partial charge in [0.1, 0.15) is 0 Å². The fourth-order valence-corrected chi connectivity index (χ4v) is 2.36. The zero-order valence-corrected chi connectivity index (χ0v) is 8.90. The highest BCUT2D eigenvalue weighted by atomic mass is 15.4. The van der Waals surface area contributed by atoms with E-state index in [0.29, 0.717) is 0 Å². The maximum Gasteiger partial charge on any atom is 0.0999 e. The Hall–Kier alpha value is -0.900. The summed E-state index contributed by atoms with van der Waals surface area (Å²) in [5.41, 5.74) is 7.39. The molecule has 14 heavy (non-hydrogen) atoms. The molecule has 0 aromatic carbocycles. The van der Waals surface area contributed by atoms with E-state index >= 15 is 0 Å². The van der Waals surface area contributed by atoms with E-state index in [2.05, 4.69) is 17.2 Å². The van der Waals surface area contributed by atoms with Gasteiger partial charge in [0.05, 0.1) is 11.7 Å². The molecule has 2 rings (SSSR count). The lowest BCUT2D eigenvalue weighted by atomic mass is 9.80. The van der Waals surface area contributed by atoms with Crippen molar-refractivity contribution in [1.29, 1.82) is 0 Å². The van der Waals surface area contributed by atoms with Crippen LogP contribution in [0.25, 0.3) is 0 Å². The Balaban J connectivity index is 2.18. The van der Waals surface area contributed by atoms with Crippen molar-refractivity contribution in [2.24, 2.45) is 18.2 Å². The molecule has 2 N–H and O–H groups in total. The first-order chi connectivity index (χ1) is 6.62. The Bertz CT molecular complexity index is 312. The van der Waals surface area contributed by atoms with Crippen LogP contribution < -0.4 is 5.73 Å². The molecule has 0 spiro atoms. The Morgan fingerprint density at radius 1 is 1.50 bits per heavy atom. The van der Waals surface area contributed by atoms with Crippen LogP contribution in [0.2, 0.25) is 0 Å². The van der Waals surface area contributed by atoms with Gasteiger partial charge in [0.15, 0.2) is 0 Å². The summed E-state index contributed by atoms with van der Waals surface area (Å²) >= 11 is 0. The third kappa shape index (κ3) is 1.54. The number of rotatable bonds is 2. The average Bonchev–Trinajstić information content (AvgIpc) is 2.74. The molecular weight excluding hydrogens is 176 g/mol. The van der Waals surface area contributed by atoms with E-state index in [0.717, 1.165) is 5.69 Å². The quantitative estimate of drug-likeness (QED) is 0.774. The van der Waals surface area contributed by atoms with Crippen LogP contribution in [0.4, 0.5) is 0 Å². The highest BCUT2D eigenvalue weighted by Crippen LogP contribution is 2.45. The van der Waals surface area contributed by atoms with Gasteiger partial charge in [0.25, 0.3) is 0 Å². The van der Waals surface area contributed by atoms with E-state index in [4.69, 9.17) is 5.73 Å². The van der Waals surface area contributed by atoms with Gasteiger partial charge in [-0.05, 0) is 18.3 Å². The summed E-state index contributed by atoms with van der Waals surface area (Å²) in [4.78, 5) is 0. The normalized spacial score (nSPS) is 22.5. The molecular formula is C10H18N4. The van der Waals surface area contributed by atoms with Crippen LogP contribution in [0.3, 0.4) is 0 Å². The highest BCUT2D eigenvalue weighted by Gasteiger charge is 2.36. The van der Waals surface area contributed by atoms with Crippen LogP contribution in [0.1, 0.15) is 44.3 Å². The molecule has 1 aromatic heterocycles. The monoisotopic (exact) mass is 194 g/mol. The third-order valence-corrected chi connectivity index (χ3v) is 3.44. The maximum atomic E-state index is 6.23. The third-order valence-electron chi connectivity index (χ3n) is 3.44. The molecule has 4 nitrogen and oxygen atoms in total. The van der Waals surface area contributed by atoms with Gasteiger partial charge >= 0.3 is 0 Å². The van der Waals surface area contributed by atoms with E-state index in [1.165, 1.54) is 25.7 Å². The summed E-state index contributed by atoms with van der Waals surface area (Å²) in [6.45, 7) is 2.26. The van der Waals surface area contributed by atoms with Gasteiger partial charge in [-0.2, -0.15) is 0 Å². The van der Waals surface area contributed by atoms with Crippen LogP contribution >= 0.6 is 0 Å². The van der Waals surface area contributed by atoms with Gasteiger partial charge in [0, 0.05) is 13.2 Å². The number of hydrogen-bond acceptors (Lipinski definition) is 3. The molecule has 1 fully saturated rings. The van der Waals surface area contributed by atoms with E-state index in [9.17, 15) is 0 Å². The second-order valence-corrected chi connectivity index (χ2v) is 4.66. The van der Waals surface area contributed by atoms with Crippen LogP contribution in [-0.2, 0) is 7.05 Å². The second-order valence-electron chi connectivity index (χ2n) is 4.66. The summed E-state index contributed by atoms with van der Waals surface area (Å²) in [5, 5.41) is 8.02. The number of nitrogens with zero attached hydrogens (tertiary/aromatic N) is 3. The predicted molar refractivity (Wildman–Crippen MR) is 54.5 cm³/mol. The molecule has 1 aliphatic carbocycles. The first kappa shape index (κ1) is 9.65. The minimum absolute atomic E-state index is 0.0405. The molecule has 0 aliphatic heterocycles. The number of aromatic nitrogens is 3. The van der Waals surface area contributed by atoms with Gasteiger partial charge < -0.3 is 5.73 Å². The van der Waals surface area contributed by atoms with Crippen molar-refractivity contribution in [3.63, 3.8) is 0 Å². The average molecular weight is 194 g/mol. The van der Waals surface area contributed by atoms with E-state index in [1.807, 2.05) is 13.2 Å². The topological polar surface area (TPSA) is 56.7 Å². The summed E-state index contributed by atoms with van der Waals surface area (Å²) < 4.78 is 1.72. The lowest BCUT2D eigenvalue weighted by Gasteiger charge is -2.29. The van der Waals surface area contributed by atoms with Crippen LogP contribution in [-0.4, -0.2) is 15.0 Å². The number of nitrogens with two attached hydrogens (primary N) is 1. The van der Waals surface area contributed by atoms with Crippen molar-refractivity contribution in [2.45, 2.75) is 38.6 Å². The van der Waals surface area contributed by atoms with Gasteiger partial charge in [-0.15, -0.1) is 5.10 Å². The van der Waals surface area contributed by atoms with Crippen LogP contribution in [0.5, 0.6) is 0 Å². The Labute approximate surface area is 84.5 Å². The first-order valence-electron chi connectivity index (χ1n) is 5.24.